The van der Waals surface area contributed by atoms with E-state index in [1.165, 1.54) is 24.8 Å². The summed E-state index contributed by atoms with van der Waals surface area (Å²) in [6.07, 6.45) is 5.18. The van der Waals surface area contributed by atoms with Gasteiger partial charge >= 0.3 is 0 Å². The third kappa shape index (κ3) is 4.72. The van der Waals surface area contributed by atoms with Crippen LogP contribution in [0.4, 0.5) is 0 Å². The molecule has 0 N–H and O–H groups in total. The van der Waals surface area contributed by atoms with Crippen molar-refractivity contribution in [1.29, 1.82) is 0 Å². The van der Waals surface area contributed by atoms with Gasteiger partial charge < -0.3 is 9.47 Å². The second-order valence-corrected chi connectivity index (χ2v) is 4.67. The van der Waals surface area contributed by atoms with Gasteiger partial charge in [0.1, 0.15) is 0 Å². The van der Waals surface area contributed by atoms with Crippen molar-refractivity contribution in [1.82, 2.24) is 4.98 Å². The molecule has 0 radical (unpaired) electrons. The number of pyridine rings is 1. The molecule has 7 nitrogen and oxygen atoms in total. The fourth-order valence-corrected chi connectivity index (χ4v) is 2.03. The van der Waals surface area contributed by atoms with Crippen LogP contribution in [0, 0.1) is 0 Å². The Morgan fingerprint density at radius 1 is 1.26 bits per heavy atom. The van der Waals surface area contributed by atoms with Crippen LogP contribution in [0.25, 0.3) is 10.4 Å². The lowest BCUT2D eigenvalue weighted by atomic mass is 10.1. The van der Waals surface area contributed by atoms with Crippen molar-refractivity contribution >= 4 is 5.91 Å². The molecule has 7 heteroatoms. The zero-order chi connectivity index (χ0) is 16.5. The molecule has 118 valence electrons. The van der Waals surface area contributed by atoms with Gasteiger partial charge in [0.25, 0.3) is 0 Å². The number of benzene rings is 1. The van der Waals surface area contributed by atoms with Crippen molar-refractivity contribution in [2.24, 2.45) is 5.11 Å². The van der Waals surface area contributed by atoms with Crippen LogP contribution < -0.4 is 9.47 Å². The molecule has 0 atom stereocenters. The first kappa shape index (κ1) is 16.3. The standard InChI is InChI=1S/C16H16N4O3/c1-22-14-5-4-13(16(21)19-20-17)11-15(14)23-10-2-3-12-6-8-18-9-7-12/h4-9,11H,2-3,10H2,1H3. The molecule has 0 fully saturated rings. The Labute approximate surface area is 133 Å². The highest BCUT2D eigenvalue weighted by Crippen LogP contribution is 2.28. The summed E-state index contributed by atoms with van der Waals surface area (Å²) in [5, 5.41) is 3.07. The van der Waals surface area contributed by atoms with E-state index >= 15 is 0 Å². The zero-order valence-electron chi connectivity index (χ0n) is 12.7. The van der Waals surface area contributed by atoms with E-state index in [0.717, 1.165) is 12.8 Å². The van der Waals surface area contributed by atoms with Gasteiger partial charge in [0.05, 0.1) is 13.7 Å². The number of carbonyl (C=O) groups excluding carboxylic acids is 1. The summed E-state index contributed by atoms with van der Waals surface area (Å²) in [6, 6.07) is 8.57. The highest BCUT2D eigenvalue weighted by atomic mass is 16.5. The number of methoxy groups -OCH3 is 1. The van der Waals surface area contributed by atoms with E-state index < -0.39 is 5.91 Å². The molecule has 1 amide bonds. The SMILES string of the molecule is COc1ccc(C(=O)N=[N+]=[N-])cc1OCCCc1ccncc1. The fraction of sp³-hybridized carbons (Fsp3) is 0.250. The van der Waals surface area contributed by atoms with Gasteiger partial charge in [-0.1, -0.05) is 0 Å². The number of aromatic nitrogens is 1. The molecule has 0 aliphatic carbocycles. The van der Waals surface area contributed by atoms with Crippen molar-refractivity contribution < 1.29 is 14.3 Å². The van der Waals surface area contributed by atoms with Crippen LogP contribution in [0.1, 0.15) is 22.3 Å². The van der Waals surface area contributed by atoms with Crippen molar-refractivity contribution in [2.45, 2.75) is 12.8 Å². The Bertz CT molecular complexity index is 713. The van der Waals surface area contributed by atoms with Crippen molar-refractivity contribution in [3.8, 4) is 11.5 Å². The molecule has 2 rings (SSSR count). The molecule has 0 aliphatic heterocycles. The summed E-state index contributed by atoms with van der Waals surface area (Å²) in [7, 11) is 1.52. The number of hydrogen-bond donors (Lipinski definition) is 0. The van der Waals surface area contributed by atoms with Gasteiger partial charge in [-0.3, -0.25) is 9.78 Å². The van der Waals surface area contributed by atoms with E-state index in [4.69, 9.17) is 15.0 Å². The summed E-state index contributed by atoms with van der Waals surface area (Å²) in [4.78, 5) is 18.1. The maximum atomic E-state index is 11.6. The van der Waals surface area contributed by atoms with Crippen LogP contribution in [-0.4, -0.2) is 24.6 Å². The molecule has 2 aromatic rings. The predicted molar refractivity (Wildman–Crippen MR) is 84.5 cm³/mol. The third-order valence-electron chi connectivity index (χ3n) is 3.16. The Hall–Kier alpha value is -3.05. The molecule has 0 bridgehead atoms. The summed E-state index contributed by atoms with van der Waals surface area (Å²) in [5.41, 5.74) is 9.77. The number of carbonyl (C=O) groups is 1. The largest absolute Gasteiger partial charge is 0.493 e. The Morgan fingerprint density at radius 3 is 2.74 bits per heavy atom. The van der Waals surface area contributed by atoms with Gasteiger partial charge in [-0.2, -0.15) is 0 Å². The van der Waals surface area contributed by atoms with E-state index in [2.05, 4.69) is 15.0 Å². The molecule has 0 spiro atoms. The summed E-state index contributed by atoms with van der Waals surface area (Å²) in [5.74, 6) is 0.310. The van der Waals surface area contributed by atoms with Crippen molar-refractivity contribution in [3.05, 3.63) is 64.3 Å². The topological polar surface area (TPSA) is 97.2 Å². The van der Waals surface area contributed by atoms with Crippen LogP contribution in [0.15, 0.2) is 47.8 Å². The van der Waals surface area contributed by atoms with E-state index in [9.17, 15) is 4.79 Å². The van der Waals surface area contributed by atoms with Gasteiger partial charge in [0.15, 0.2) is 11.5 Å². The van der Waals surface area contributed by atoms with Crippen molar-refractivity contribution in [3.63, 3.8) is 0 Å². The summed E-state index contributed by atoms with van der Waals surface area (Å²) < 4.78 is 10.9. The molecule has 0 saturated heterocycles. The van der Waals surface area contributed by atoms with Crippen LogP contribution >= 0.6 is 0 Å². The first-order valence-corrected chi connectivity index (χ1v) is 7.03. The summed E-state index contributed by atoms with van der Waals surface area (Å²) in [6.45, 7) is 0.470. The van der Waals surface area contributed by atoms with Gasteiger partial charge in [-0.15, -0.1) is 0 Å². The first-order valence-electron chi connectivity index (χ1n) is 7.03. The van der Waals surface area contributed by atoms with Gasteiger partial charge in [0, 0.05) is 22.9 Å². The third-order valence-corrected chi connectivity index (χ3v) is 3.16. The molecule has 1 aromatic carbocycles. The Kier molecular flexibility index (Phi) is 5.97. The maximum Gasteiger partial charge on any atom is 0.249 e. The fourth-order valence-electron chi connectivity index (χ4n) is 2.03. The average Bonchev–Trinajstić information content (AvgIpc) is 2.59. The summed E-state index contributed by atoms with van der Waals surface area (Å²) >= 11 is 0. The number of nitrogens with zero attached hydrogens (tertiary/aromatic N) is 4. The molecule has 0 unspecified atom stereocenters. The van der Waals surface area contributed by atoms with E-state index in [1.54, 1.807) is 18.5 Å². The Morgan fingerprint density at radius 2 is 2.04 bits per heavy atom. The maximum absolute atomic E-state index is 11.6. The van der Waals surface area contributed by atoms with Crippen molar-refractivity contribution in [2.75, 3.05) is 13.7 Å². The van der Waals surface area contributed by atoms with E-state index in [0.29, 0.717) is 18.1 Å². The lowest BCUT2D eigenvalue weighted by Crippen LogP contribution is -2.03. The molecule has 1 heterocycles. The van der Waals surface area contributed by atoms with E-state index in [1.807, 2.05) is 12.1 Å². The lowest BCUT2D eigenvalue weighted by Gasteiger charge is -2.11. The van der Waals surface area contributed by atoms with Crippen LogP contribution in [-0.2, 0) is 6.42 Å². The minimum Gasteiger partial charge on any atom is -0.493 e. The highest BCUT2D eigenvalue weighted by Gasteiger charge is 2.10. The van der Waals surface area contributed by atoms with Gasteiger partial charge in [-0.25, -0.2) is 0 Å². The number of azide groups is 1. The van der Waals surface area contributed by atoms with Crippen LogP contribution in [0.2, 0.25) is 0 Å². The predicted octanol–water partition coefficient (Wildman–Crippen LogP) is 3.55. The van der Waals surface area contributed by atoms with E-state index in [-0.39, 0.29) is 5.56 Å². The number of ether oxygens (including phenoxy) is 2. The highest BCUT2D eigenvalue weighted by molar-refractivity contribution is 5.95. The number of rotatable bonds is 7. The smallest absolute Gasteiger partial charge is 0.249 e. The second-order valence-electron chi connectivity index (χ2n) is 4.67. The van der Waals surface area contributed by atoms with Gasteiger partial charge in [-0.05, 0) is 59.4 Å². The molecular weight excluding hydrogens is 296 g/mol. The molecular formula is C16H16N4O3. The van der Waals surface area contributed by atoms with Crippen LogP contribution in [0.5, 0.6) is 11.5 Å². The average molecular weight is 312 g/mol. The monoisotopic (exact) mass is 312 g/mol. The molecule has 23 heavy (non-hydrogen) atoms. The quantitative estimate of drug-likeness (QED) is 0.338. The number of amides is 1. The number of aryl methyl sites for hydroxylation is 1. The Balaban J connectivity index is 1.98. The second kappa shape index (κ2) is 8.41. The van der Waals surface area contributed by atoms with Crippen LogP contribution in [0.3, 0.4) is 0 Å². The number of hydrogen-bond acceptors (Lipinski definition) is 4. The normalized spacial score (nSPS) is 9.78. The minimum atomic E-state index is -0.656. The zero-order valence-corrected chi connectivity index (χ0v) is 12.7. The molecule has 0 saturated carbocycles. The molecule has 1 aromatic heterocycles. The molecule has 0 aliphatic rings. The first-order chi connectivity index (χ1) is 11.2. The van der Waals surface area contributed by atoms with Gasteiger partial charge in [0.2, 0.25) is 5.91 Å². The minimum absolute atomic E-state index is 0.257. The lowest BCUT2D eigenvalue weighted by molar-refractivity contribution is 0.1000.